The second-order valence-corrected chi connectivity index (χ2v) is 9.72. The monoisotopic (exact) mass is 310 g/mol. The van der Waals surface area contributed by atoms with Crippen molar-refractivity contribution in [2.24, 2.45) is 34.0 Å². The second kappa shape index (κ2) is 5.51. The molecule has 0 aromatic carbocycles. The van der Waals surface area contributed by atoms with Crippen LogP contribution in [-0.2, 0) is 9.53 Å². The topological polar surface area (TPSA) is 46.5 Å². The maximum atomic E-state index is 12.2. The van der Waals surface area contributed by atoms with Crippen LogP contribution in [0.15, 0.2) is 0 Å². The van der Waals surface area contributed by atoms with Gasteiger partial charge in [0.25, 0.3) is 0 Å². The van der Waals surface area contributed by atoms with Crippen molar-refractivity contribution < 1.29 is 14.6 Å². The van der Waals surface area contributed by atoms with Gasteiger partial charge in [-0.2, -0.15) is 0 Å². The fraction of sp³-hybridized carbons (Fsp3) is 0.947. The Morgan fingerprint density at radius 3 is 1.86 bits per heavy atom. The highest BCUT2D eigenvalue weighted by atomic mass is 16.5. The lowest BCUT2D eigenvalue weighted by molar-refractivity contribution is -0.148. The van der Waals surface area contributed by atoms with Crippen molar-refractivity contribution in [3.05, 3.63) is 0 Å². The Hall–Kier alpha value is -0.570. The van der Waals surface area contributed by atoms with Crippen LogP contribution in [0.3, 0.4) is 0 Å². The van der Waals surface area contributed by atoms with Gasteiger partial charge in [0.1, 0.15) is 0 Å². The Kier molecular flexibility index (Phi) is 4.45. The molecule has 0 heterocycles. The van der Waals surface area contributed by atoms with E-state index in [-0.39, 0.29) is 46.1 Å². The summed E-state index contributed by atoms with van der Waals surface area (Å²) in [7, 11) is 0. The number of ether oxygens (including phenoxy) is 1. The molecule has 2 saturated carbocycles. The van der Waals surface area contributed by atoms with Gasteiger partial charge >= 0.3 is 5.97 Å². The molecule has 2 aliphatic rings. The summed E-state index contributed by atoms with van der Waals surface area (Å²) < 4.78 is 5.26. The molecule has 0 bridgehead atoms. The van der Waals surface area contributed by atoms with Crippen LogP contribution in [-0.4, -0.2) is 23.8 Å². The summed E-state index contributed by atoms with van der Waals surface area (Å²) >= 11 is 0. The summed E-state index contributed by atoms with van der Waals surface area (Å²) in [6, 6.07) is 0. The molecule has 1 spiro atoms. The molecule has 2 fully saturated rings. The van der Waals surface area contributed by atoms with Crippen molar-refractivity contribution in [3.8, 4) is 0 Å². The van der Waals surface area contributed by atoms with Gasteiger partial charge in [-0.05, 0) is 54.3 Å². The molecule has 2 aliphatic carbocycles. The summed E-state index contributed by atoms with van der Waals surface area (Å²) in [5, 5.41) is 11.0. The number of esters is 1. The molecular formula is C19H34O3. The lowest BCUT2D eigenvalue weighted by Crippen LogP contribution is -2.49. The average Bonchev–Trinajstić information content (AvgIpc) is 3.04. The highest BCUT2D eigenvalue weighted by Gasteiger charge is 2.65. The fourth-order valence-electron chi connectivity index (χ4n) is 4.49. The smallest absolute Gasteiger partial charge is 0.309 e. The molecule has 0 aromatic rings. The zero-order chi connectivity index (χ0) is 16.9. The molecule has 1 N–H and O–H groups in total. The number of rotatable bonds is 2. The minimum Gasteiger partial charge on any atom is -0.466 e. The van der Waals surface area contributed by atoms with Crippen molar-refractivity contribution in [2.45, 2.75) is 73.8 Å². The van der Waals surface area contributed by atoms with Crippen LogP contribution in [0.2, 0.25) is 0 Å². The summed E-state index contributed by atoms with van der Waals surface area (Å²) in [5.41, 5.74) is 0.178. The largest absolute Gasteiger partial charge is 0.466 e. The molecule has 0 aliphatic heterocycles. The normalized spacial score (nSPS) is 38.9. The zero-order valence-electron chi connectivity index (χ0n) is 15.4. The number of carbonyl (C=O) groups is 1. The van der Waals surface area contributed by atoms with Crippen molar-refractivity contribution in [3.63, 3.8) is 0 Å². The van der Waals surface area contributed by atoms with Crippen LogP contribution in [0, 0.1) is 34.0 Å². The van der Waals surface area contributed by atoms with E-state index in [1.54, 1.807) is 0 Å². The predicted octanol–water partition coefficient (Wildman–Crippen LogP) is 4.04. The standard InChI is InChI=1S/C19H34O3/c1-8-22-16(21)14-11-19(14)9-12(17(2,3)4)15(20)13(10-19)18(5,6)7/h12-15,20H,8-11H2,1-7H3. The maximum Gasteiger partial charge on any atom is 0.309 e. The van der Waals surface area contributed by atoms with Crippen LogP contribution < -0.4 is 0 Å². The zero-order valence-corrected chi connectivity index (χ0v) is 15.4. The van der Waals surface area contributed by atoms with Crippen molar-refractivity contribution in [1.82, 2.24) is 0 Å². The Labute approximate surface area is 135 Å². The van der Waals surface area contributed by atoms with Crippen molar-refractivity contribution in [1.29, 1.82) is 0 Å². The van der Waals surface area contributed by atoms with E-state index in [2.05, 4.69) is 41.5 Å². The SMILES string of the molecule is CCOC(=O)C1CC12CC(C(C)(C)C)C(O)C(C(C)(C)C)C2. The van der Waals surface area contributed by atoms with E-state index in [0.717, 1.165) is 19.3 Å². The molecule has 22 heavy (non-hydrogen) atoms. The summed E-state index contributed by atoms with van der Waals surface area (Å²) in [6.07, 6.45) is 2.56. The molecule has 3 heteroatoms. The number of hydrogen-bond donors (Lipinski definition) is 1. The first kappa shape index (κ1) is 17.8. The maximum absolute atomic E-state index is 12.2. The van der Waals surface area contributed by atoms with Crippen molar-refractivity contribution in [2.75, 3.05) is 6.61 Å². The van der Waals surface area contributed by atoms with E-state index in [0.29, 0.717) is 6.61 Å². The quantitative estimate of drug-likeness (QED) is 0.783. The van der Waals surface area contributed by atoms with Crippen LogP contribution in [0.25, 0.3) is 0 Å². The van der Waals surface area contributed by atoms with Crippen LogP contribution in [0.4, 0.5) is 0 Å². The van der Waals surface area contributed by atoms with E-state index >= 15 is 0 Å². The molecule has 0 radical (unpaired) electrons. The number of aliphatic hydroxyl groups is 1. The van der Waals surface area contributed by atoms with Gasteiger partial charge in [0.15, 0.2) is 0 Å². The van der Waals surface area contributed by atoms with Crippen LogP contribution >= 0.6 is 0 Å². The van der Waals surface area contributed by atoms with E-state index in [9.17, 15) is 9.90 Å². The molecule has 3 atom stereocenters. The van der Waals surface area contributed by atoms with Crippen LogP contribution in [0.1, 0.15) is 67.7 Å². The fourth-order valence-corrected chi connectivity index (χ4v) is 4.49. The third-order valence-corrected chi connectivity index (χ3v) is 6.06. The van der Waals surface area contributed by atoms with Gasteiger partial charge in [-0.25, -0.2) is 0 Å². The van der Waals surface area contributed by atoms with Gasteiger partial charge < -0.3 is 9.84 Å². The first-order chi connectivity index (χ1) is 9.92. The molecular weight excluding hydrogens is 276 g/mol. The van der Waals surface area contributed by atoms with E-state index in [1.807, 2.05) is 6.92 Å². The van der Waals surface area contributed by atoms with Gasteiger partial charge in [0.2, 0.25) is 0 Å². The van der Waals surface area contributed by atoms with Gasteiger partial charge in [0.05, 0.1) is 18.6 Å². The predicted molar refractivity (Wildman–Crippen MR) is 88.3 cm³/mol. The third-order valence-electron chi connectivity index (χ3n) is 6.06. The Bertz CT molecular complexity index is 403. The van der Waals surface area contributed by atoms with E-state index < -0.39 is 0 Å². The van der Waals surface area contributed by atoms with Crippen molar-refractivity contribution >= 4 is 5.97 Å². The minimum absolute atomic E-state index is 0.0285. The summed E-state index contributed by atoms with van der Waals surface area (Å²) in [4.78, 5) is 12.2. The van der Waals surface area contributed by atoms with Gasteiger partial charge in [0, 0.05) is 0 Å². The lowest BCUT2D eigenvalue weighted by atomic mass is 9.57. The molecule has 128 valence electrons. The highest BCUT2D eigenvalue weighted by Crippen LogP contribution is 2.67. The summed E-state index contributed by atoms with van der Waals surface area (Å²) in [6.45, 7) is 15.6. The van der Waals surface area contributed by atoms with Gasteiger partial charge in [-0.3, -0.25) is 4.79 Å². The molecule has 2 rings (SSSR count). The number of carbonyl (C=O) groups excluding carboxylic acids is 1. The Morgan fingerprint density at radius 2 is 1.50 bits per heavy atom. The molecule has 0 saturated heterocycles. The van der Waals surface area contributed by atoms with Gasteiger partial charge in [-0.1, -0.05) is 41.5 Å². The average molecular weight is 310 g/mol. The molecule has 3 unspecified atom stereocenters. The molecule has 0 amide bonds. The summed E-state index contributed by atoms with van der Waals surface area (Å²) in [5.74, 6) is 0.503. The third kappa shape index (κ3) is 3.20. The first-order valence-electron chi connectivity index (χ1n) is 8.77. The second-order valence-electron chi connectivity index (χ2n) is 9.72. The lowest BCUT2D eigenvalue weighted by Gasteiger charge is -2.50. The Morgan fingerprint density at radius 1 is 1.05 bits per heavy atom. The number of aliphatic hydroxyl groups excluding tert-OH is 1. The van der Waals surface area contributed by atoms with Crippen LogP contribution in [0.5, 0.6) is 0 Å². The van der Waals surface area contributed by atoms with E-state index in [1.165, 1.54) is 0 Å². The Balaban J connectivity index is 2.26. The van der Waals surface area contributed by atoms with Gasteiger partial charge in [-0.15, -0.1) is 0 Å². The first-order valence-corrected chi connectivity index (χ1v) is 8.77. The highest BCUT2D eigenvalue weighted by molar-refractivity contribution is 5.77. The number of hydrogen-bond acceptors (Lipinski definition) is 3. The molecule has 3 nitrogen and oxygen atoms in total. The minimum atomic E-state index is -0.283. The molecule has 0 aromatic heterocycles. The van der Waals surface area contributed by atoms with E-state index in [4.69, 9.17) is 4.74 Å².